The van der Waals surface area contributed by atoms with Crippen molar-refractivity contribution in [3.8, 4) is 11.5 Å². The Kier molecular flexibility index (Phi) is 4.28. The zero-order valence-electron chi connectivity index (χ0n) is 9.97. The zero-order chi connectivity index (χ0) is 11.5. The molecule has 2 N–H and O–H groups in total. The lowest BCUT2D eigenvalue weighted by Gasteiger charge is -2.19. The molecule has 0 radical (unpaired) electrons. The minimum absolute atomic E-state index is 0. The van der Waals surface area contributed by atoms with E-state index in [9.17, 15) is 0 Å². The molecule has 3 rings (SSSR count). The fourth-order valence-electron chi connectivity index (χ4n) is 2.15. The van der Waals surface area contributed by atoms with Crippen molar-refractivity contribution < 1.29 is 0 Å². The van der Waals surface area contributed by atoms with Crippen LogP contribution in [0.4, 0.5) is 0 Å². The van der Waals surface area contributed by atoms with Gasteiger partial charge in [-0.1, -0.05) is 6.07 Å². The van der Waals surface area contributed by atoms with Crippen molar-refractivity contribution in [3.05, 3.63) is 30.2 Å². The molecular formula is C12H16ClN5. The molecule has 2 aromatic heterocycles. The van der Waals surface area contributed by atoms with E-state index in [0.717, 1.165) is 43.3 Å². The number of rotatable bonds is 2. The molecule has 0 unspecified atom stereocenters. The number of nitrogens with one attached hydrogen (secondary N) is 2. The Labute approximate surface area is 112 Å². The van der Waals surface area contributed by atoms with Gasteiger partial charge in [-0.25, -0.2) is 4.98 Å². The maximum Gasteiger partial charge on any atom is 0.174 e. The molecule has 0 bridgehead atoms. The standard InChI is InChI=1S/C12H15N5.ClH/c1-2-6-14-10(3-1)12-15-11(16-17-12)9-4-7-13-8-5-9;/h1-3,6,9,13H,4-5,7-8H2,(H,15,16,17);1H. The Morgan fingerprint density at radius 2 is 2.00 bits per heavy atom. The number of aromatic amines is 1. The number of hydrogen-bond acceptors (Lipinski definition) is 4. The van der Waals surface area contributed by atoms with Crippen LogP contribution in [0.25, 0.3) is 11.5 Å². The third kappa shape index (κ3) is 2.68. The highest BCUT2D eigenvalue weighted by Gasteiger charge is 2.19. The van der Waals surface area contributed by atoms with Crippen LogP contribution in [0.3, 0.4) is 0 Å². The first-order chi connectivity index (χ1) is 8.43. The van der Waals surface area contributed by atoms with Crippen molar-refractivity contribution in [3.63, 3.8) is 0 Å². The summed E-state index contributed by atoms with van der Waals surface area (Å²) in [6.45, 7) is 2.11. The van der Waals surface area contributed by atoms with Gasteiger partial charge in [-0.15, -0.1) is 12.4 Å². The Morgan fingerprint density at radius 1 is 1.17 bits per heavy atom. The first-order valence-electron chi connectivity index (χ1n) is 5.98. The first-order valence-corrected chi connectivity index (χ1v) is 5.98. The molecule has 1 saturated heterocycles. The number of pyridine rings is 1. The Balaban J connectivity index is 0.00000120. The van der Waals surface area contributed by atoms with Gasteiger partial charge in [0.2, 0.25) is 0 Å². The number of H-pyrrole nitrogens is 1. The second-order valence-electron chi connectivity index (χ2n) is 4.28. The van der Waals surface area contributed by atoms with Crippen LogP contribution in [0.15, 0.2) is 24.4 Å². The zero-order valence-corrected chi connectivity index (χ0v) is 10.8. The van der Waals surface area contributed by atoms with Crippen molar-refractivity contribution in [1.29, 1.82) is 0 Å². The Hall–Kier alpha value is -1.46. The number of piperidine rings is 1. The predicted molar refractivity (Wildman–Crippen MR) is 71.7 cm³/mol. The quantitative estimate of drug-likeness (QED) is 0.868. The van der Waals surface area contributed by atoms with Crippen LogP contribution >= 0.6 is 12.4 Å². The maximum atomic E-state index is 4.55. The van der Waals surface area contributed by atoms with E-state index in [1.54, 1.807) is 6.20 Å². The first kappa shape index (κ1) is 13.0. The van der Waals surface area contributed by atoms with Gasteiger partial charge in [0.15, 0.2) is 11.6 Å². The maximum absolute atomic E-state index is 4.55. The summed E-state index contributed by atoms with van der Waals surface area (Å²) < 4.78 is 0. The molecule has 5 nitrogen and oxygen atoms in total. The minimum Gasteiger partial charge on any atom is -0.317 e. The largest absolute Gasteiger partial charge is 0.317 e. The lowest BCUT2D eigenvalue weighted by Crippen LogP contribution is -2.27. The highest BCUT2D eigenvalue weighted by Crippen LogP contribution is 2.23. The Morgan fingerprint density at radius 3 is 2.72 bits per heavy atom. The summed E-state index contributed by atoms with van der Waals surface area (Å²) in [5.74, 6) is 2.16. The van der Waals surface area contributed by atoms with E-state index < -0.39 is 0 Å². The van der Waals surface area contributed by atoms with E-state index in [1.807, 2.05) is 18.2 Å². The van der Waals surface area contributed by atoms with Gasteiger partial charge in [-0.05, 0) is 38.1 Å². The summed E-state index contributed by atoms with van der Waals surface area (Å²) in [6, 6.07) is 5.79. The molecule has 1 aliphatic heterocycles. The van der Waals surface area contributed by atoms with Crippen LogP contribution < -0.4 is 5.32 Å². The molecule has 0 saturated carbocycles. The number of halogens is 1. The summed E-state index contributed by atoms with van der Waals surface area (Å²) in [6.07, 6.45) is 3.99. The molecule has 1 fully saturated rings. The van der Waals surface area contributed by atoms with Crippen molar-refractivity contribution in [2.75, 3.05) is 13.1 Å². The second kappa shape index (κ2) is 5.93. The molecule has 2 aromatic rings. The monoisotopic (exact) mass is 265 g/mol. The van der Waals surface area contributed by atoms with Crippen molar-refractivity contribution >= 4 is 12.4 Å². The molecule has 3 heterocycles. The highest BCUT2D eigenvalue weighted by molar-refractivity contribution is 5.85. The lowest BCUT2D eigenvalue weighted by atomic mass is 9.98. The van der Waals surface area contributed by atoms with E-state index in [2.05, 4.69) is 25.5 Å². The van der Waals surface area contributed by atoms with Crippen LogP contribution in [0.1, 0.15) is 24.6 Å². The summed E-state index contributed by atoms with van der Waals surface area (Å²) in [7, 11) is 0. The molecule has 18 heavy (non-hydrogen) atoms. The van der Waals surface area contributed by atoms with E-state index in [0.29, 0.717) is 5.92 Å². The van der Waals surface area contributed by atoms with Crippen LogP contribution in [0, 0.1) is 0 Å². The summed E-state index contributed by atoms with van der Waals surface area (Å²) in [4.78, 5) is 8.81. The van der Waals surface area contributed by atoms with Gasteiger partial charge < -0.3 is 5.32 Å². The molecule has 0 atom stereocenters. The molecule has 0 spiro atoms. The molecule has 0 aromatic carbocycles. The number of aromatic nitrogens is 4. The van der Waals surface area contributed by atoms with E-state index in [4.69, 9.17) is 0 Å². The molecule has 1 aliphatic rings. The average molecular weight is 266 g/mol. The van der Waals surface area contributed by atoms with Crippen molar-refractivity contribution in [2.45, 2.75) is 18.8 Å². The van der Waals surface area contributed by atoms with Gasteiger partial charge in [0.1, 0.15) is 5.69 Å². The van der Waals surface area contributed by atoms with Crippen LogP contribution in [0.2, 0.25) is 0 Å². The molecular weight excluding hydrogens is 250 g/mol. The van der Waals surface area contributed by atoms with Gasteiger partial charge in [0.05, 0.1) is 0 Å². The highest BCUT2D eigenvalue weighted by atomic mass is 35.5. The SMILES string of the molecule is Cl.c1ccc(-c2nc(C3CCNCC3)n[nH]2)nc1. The topological polar surface area (TPSA) is 66.5 Å². The molecule has 0 aliphatic carbocycles. The van der Waals surface area contributed by atoms with Gasteiger partial charge >= 0.3 is 0 Å². The summed E-state index contributed by atoms with van der Waals surface area (Å²) in [5.41, 5.74) is 0.847. The smallest absolute Gasteiger partial charge is 0.174 e. The van der Waals surface area contributed by atoms with E-state index >= 15 is 0 Å². The third-order valence-corrected chi connectivity index (χ3v) is 3.11. The van der Waals surface area contributed by atoms with E-state index in [-0.39, 0.29) is 12.4 Å². The second-order valence-corrected chi connectivity index (χ2v) is 4.28. The van der Waals surface area contributed by atoms with E-state index in [1.165, 1.54) is 0 Å². The van der Waals surface area contributed by atoms with Gasteiger partial charge in [0.25, 0.3) is 0 Å². The normalized spacial score (nSPS) is 16.2. The molecule has 0 amide bonds. The Bertz CT molecular complexity index is 478. The fourth-order valence-corrected chi connectivity index (χ4v) is 2.15. The van der Waals surface area contributed by atoms with Gasteiger partial charge in [0, 0.05) is 12.1 Å². The van der Waals surface area contributed by atoms with Crippen LogP contribution in [-0.2, 0) is 0 Å². The van der Waals surface area contributed by atoms with Crippen molar-refractivity contribution in [1.82, 2.24) is 25.5 Å². The molecule has 96 valence electrons. The minimum atomic E-state index is 0. The molecule has 6 heteroatoms. The van der Waals surface area contributed by atoms with Crippen LogP contribution in [-0.4, -0.2) is 33.3 Å². The lowest BCUT2D eigenvalue weighted by molar-refractivity contribution is 0.446. The average Bonchev–Trinajstić information content (AvgIpc) is 2.90. The van der Waals surface area contributed by atoms with Crippen LogP contribution in [0.5, 0.6) is 0 Å². The number of hydrogen-bond donors (Lipinski definition) is 2. The third-order valence-electron chi connectivity index (χ3n) is 3.11. The van der Waals surface area contributed by atoms with Gasteiger partial charge in [-0.2, -0.15) is 5.10 Å². The van der Waals surface area contributed by atoms with Crippen molar-refractivity contribution in [2.24, 2.45) is 0 Å². The van der Waals surface area contributed by atoms with Gasteiger partial charge in [-0.3, -0.25) is 10.1 Å². The predicted octanol–water partition coefficient (Wildman–Crippen LogP) is 1.76. The summed E-state index contributed by atoms with van der Waals surface area (Å²) >= 11 is 0. The fraction of sp³-hybridized carbons (Fsp3) is 0.417. The number of nitrogens with zero attached hydrogens (tertiary/aromatic N) is 3. The summed E-state index contributed by atoms with van der Waals surface area (Å²) in [5, 5.41) is 10.6.